The molecule has 2 heterocycles. The van der Waals surface area contributed by atoms with Crippen molar-refractivity contribution in [2.45, 2.75) is 0 Å². The molecule has 0 saturated carbocycles. The Bertz CT molecular complexity index is 2010. The van der Waals surface area contributed by atoms with Crippen molar-refractivity contribution in [1.82, 2.24) is 0 Å². The predicted octanol–water partition coefficient (Wildman–Crippen LogP) is 5.77. The molecule has 4 aromatic rings. The summed E-state index contributed by atoms with van der Waals surface area (Å²) in [5, 5.41) is 1.38. The average Bonchev–Trinajstić information content (AvgIpc) is 2.99. The van der Waals surface area contributed by atoms with Crippen molar-refractivity contribution >= 4 is 32.9 Å². The molecule has 214 valence electrons. The Morgan fingerprint density at radius 2 is 1.17 bits per heavy atom. The molecule has 0 unspecified atom stereocenters. The lowest BCUT2D eigenvalue weighted by atomic mass is 9.91. The van der Waals surface area contributed by atoms with Gasteiger partial charge in [0.1, 0.15) is 39.8 Å². The van der Waals surface area contributed by atoms with E-state index in [9.17, 15) is 9.59 Å². The lowest BCUT2D eigenvalue weighted by Gasteiger charge is -2.18. The summed E-state index contributed by atoms with van der Waals surface area (Å²) < 4.78 is 44.6. The highest BCUT2D eigenvalue weighted by Crippen LogP contribution is 2.44. The highest BCUT2D eigenvalue weighted by atomic mass is 16.7. The van der Waals surface area contributed by atoms with Crippen molar-refractivity contribution in [2.75, 3.05) is 41.7 Å². The second kappa shape index (κ2) is 11.5. The van der Waals surface area contributed by atoms with E-state index in [0.29, 0.717) is 72.6 Å². The Morgan fingerprint density at radius 1 is 0.571 bits per heavy atom. The first-order valence-electron chi connectivity index (χ1n) is 12.9. The number of rotatable bonds is 10. The number of ether oxygens (including phenoxy) is 6. The van der Waals surface area contributed by atoms with Crippen LogP contribution in [0.4, 0.5) is 0 Å². The van der Waals surface area contributed by atoms with Crippen molar-refractivity contribution < 1.29 is 37.3 Å². The van der Waals surface area contributed by atoms with E-state index in [1.54, 1.807) is 48.5 Å². The van der Waals surface area contributed by atoms with Crippen LogP contribution < -0.4 is 25.1 Å². The first kappa shape index (κ1) is 27.3. The molecule has 3 aromatic carbocycles. The molecule has 6 rings (SSSR count). The van der Waals surface area contributed by atoms with Crippen molar-refractivity contribution in [1.29, 1.82) is 0 Å². The number of hydrogen-bond acceptors (Lipinski definition) is 10. The summed E-state index contributed by atoms with van der Waals surface area (Å²) in [6.45, 7) is 0.0701. The molecule has 10 heteroatoms. The molecule has 0 radical (unpaired) electrons. The molecule has 2 aliphatic rings. The molecule has 0 fully saturated rings. The summed E-state index contributed by atoms with van der Waals surface area (Å²) >= 11 is 0. The summed E-state index contributed by atoms with van der Waals surface area (Å²) in [5.74, 6) is 1.75. The van der Waals surface area contributed by atoms with Crippen LogP contribution in [0.3, 0.4) is 0 Å². The fourth-order valence-electron chi connectivity index (χ4n) is 4.91. The SMILES string of the molecule is COCOc1ccc2c(-c3cc(OCOC)cc4oc5cc(OCOC)ccc5c(=O)c34)c3ccc(=O)cc-3oc2c1. The third kappa shape index (κ3) is 5.03. The van der Waals surface area contributed by atoms with Crippen LogP contribution in [0.15, 0.2) is 85.2 Å². The molecular formula is C32H26O10. The molecular weight excluding hydrogens is 544 g/mol. The second-order valence-corrected chi connectivity index (χ2v) is 9.38. The lowest BCUT2D eigenvalue weighted by molar-refractivity contribution is 0.0510. The van der Waals surface area contributed by atoms with Crippen molar-refractivity contribution in [2.24, 2.45) is 0 Å². The van der Waals surface area contributed by atoms with Gasteiger partial charge in [-0.05, 0) is 42.5 Å². The fraction of sp³-hybridized carbons (Fsp3) is 0.188. The fourth-order valence-corrected chi connectivity index (χ4v) is 4.91. The maximum Gasteiger partial charge on any atom is 0.201 e. The zero-order valence-electron chi connectivity index (χ0n) is 23.1. The number of methoxy groups -OCH3 is 3. The topological polar surface area (TPSA) is 116 Å². The van der Waals surface area contributed by atoms with Crippen LogP contribution in [-0.2, 0) is 14.2 Å². The molecule has 42 heavy (non-hydrogen) atoms. The summed E-state index contributed by atoms with van der Waals surface area (Å²) in [6.07, 6.45) is 0. The van der Waals surface area contributed by atoms with E-state index >= 15 is 0 Å². The molecule has 1 aromatic heterocycles. The number of benzene rings is 4. The first-order valence-corrected chi connectivity index (χ1v) is 12.9. The van der Waals surface area contributed by atoms with Gasteiger partial charge >= 0.3 is 0 Å². The Kier molecular flexibility index (Phi) is 7.49. The minimum Gasteiger partial charge on any atom is -0.467 e. The standard InChI is InChI=1S/C32H26O10/c1-35-15-38-19-5-8-23-27(12-19)41-26-10-18(33)4-7-22(26)30(23)25-11-21(40-17-37-3)14-29-31(25)32(34)24-9-6-20(39-16-36-2)13-28(24)42-29/h4-14H,15-17H2,1-3H3. The lowest BCUT2D eigenvalue weighted by Crippen LogP contribution is -2.07. The third-order valence-electron chi connectivity index (χ3n) is 6.68. The van der Waals surface area contributed by atoms with Gasteiger partial charge in [0, 0.05) is 67.7 Å². The molecule has 0 N–H and O–H groups in total. The normalized spacial score (nSPS) is 11.5. The second-order valence-electron chi connectivity index (χ2n) is 9.38. The monoisotopic (exact) mass is 570 g/mol. The quantitative estimate of drug-likeness (QED) is 0.148. The largest absolute Gasteiger partial charge is 0.467 e. The van der Waals surface area contributed by atoms with Crippen molar-refractivity contribution in [3.8, 4) is 39.7 Å². The van der Waals surface area contributed by atoms with Crippen LogP contribution in [0.25, 0.3) is 55.4 Å². The van der Waals surface area contributed by atoms with Gasteiger partial charge in [-0.3, -0.25) is 9.59 Å². The van der Waals surface area contributed by atoms with Gasteiger partial charge in [0.05, 0.1) is 10.8 Å². The summed E-state index contributed by atoms with van der Waals surface area (Å²) in [6, 6.07) is 18.3. The molecule has 0 atom stereocenters. The van der Waals surface area contributed by atoms with E-state index < -0.39 is 0 Å². The highest BCUT2D eigenvalue weighted by molar-refractivity contribution is 6.10. The summed E-state index contributed by atoms with van der Waals surface area (Å²) in [5.41, 5.74) is 2.42. The predicted molar refractivity (Wildman–Crippen MR) is 156 cm³/mol. The molecule has 10 nitrogen and oxygen atoms in total. The highest BCUT2D eigenvalue weighted by Gasteiger charge is 2.23. The maximum absolute atomic E-state index is 14.1. The summed E-state index contributed by atoms with van der Waals surface area (Å²) in [4.78, 5) is 26.5. The van der Waals surface area contributed by atoms with Crippen molar-refractivity contribution in [3.63, 3.8) is 0 Å². The molecule has 0 spiro atoms. The van der Waals surface area contributed by atoms with Gasteiger partial charge in [0.25, 0.3) is 0 Å². The van der Waals surface area contributed by atoms with Gasteiger partial charge in [0.2, 0.25) is 5.43 Å². The van der Waals surface area contributed by atoms with E-state index in [4.69, 9.17) is 37.3 Å². The maximum atomic E-state index is 14.1. The van der Waals surface area contributed by atoms with E-state index in [1.165, 1.54) is 33.5 Å². The van der Waals surface area contributed by atoms with Crippen LogP contribution >= 0.6 is 0 Å². The van der Waals surface area contributed by atoms with E-state index in [0.717, 1.165) is 0 Å². The van der Waals surface area contributed by atoms with Gasteiger partial charge in [-0.1, -0.05) is 0 Å². The van der Waals surface area contributed by atoms with Gasteiger partial charge in [0.15, 0.2) is 25.8 Å². The molecule has 0 amide bonds. The molecule has 1 aliphatic heterocycles. The zero-order chi connectivity index (χ0) is 29.2. The third-order valence-corrected chi connectivity index (χ3v) is 6.68. The van der Waals surface area contributed by atoms with Crippen LogP contribution in [-0.4, -0.2) is 41.7 Å². The Hall–Kier alpha value is -4.90. The Labute approximate surface area is 238 Å². The molecule has 0 bridgehead atoms. The minimum atomic E-state index is -0.250. The van der Waals surface area contributed by atoms with Crippen molar-refractivity contribution in [3.05, 3.63) is 87.2 Å². The smallest absolute Gasteiger partial charge is 0.201 e. The zero-order valence-corrected chi connectivity index (χ0v) is 23.1. The van der Waals surface area contributed by atoms with E-state index in [-0.39, 0.29) is 31.2 Å². The van der Waals surface area contributed by atoms with Gasteiger partial charge < -0.3 is 37.3 Å². The van der Waals surface area contributed by atoms with Gasteiger partial charge in [-0.15, -0.1) is 0 Å². The van der Waals surface area contributed by atoms with Crippen LogP contribution in [0, 0.1) is 0 Å². The Morgan fingerprint density at radius 3 is 1.83 bits per heavy atom. The minimum absolute atomic E-state index is 0.0247. The Balaban J connectivity index is 1.69. The number of hydrogen-bond donors (Lipinski definition) is 0. The average molecular weight is 571 g/mol. The van der Waals surface area contributed by atoms with E-state index in [2.05, 4.69) is 0 Å². The van der Waals surface area contributed by atoms with Crippen LogP contribution in [0.5, 0.6) is 17.2 Å². The number of fused-ring (bicyclic) bond motifs is 4. The van der Waals surface area contributed by atoms with E-state index in [1.807, 2.05) is 6.07 Å². The van der Waals surface area contributed by atoms with Crippen LogP contribution in [0.2, 0.25) is 0 Å². The first-order chi connectivity index (χ1) is 20.5. The molecule has 0 saturated heterocycles. The van der Waals surface area contributed by atoms with Gasteiger partial charge in [-0.2, -0.15) is 0 Å². The van der Waals surface area contributed by atoms with Crippen LogP contribution in [0.1, 0.15) is 0 Å². The van der Waals surface area contributed by atoms with Gasteiger partial charge in [-0.25, -0.2) is 0 Å². The molecule has 1 aliphatic carbocycles. The summed E-state index contributed by atoms with van der Waals surface area (Å²) in [7, 11) is 4.56.